The van der Waals surface area contributed by atoms with Gasteiger partial charge in [0.15, 0.2) is 6.29 Å². The first-order valence-corrected chi connectivity index (χ1v) is 16.6. The number of carbonyl (C=O) groups is 5. The number of rotatable bonds is 19. The lowest BCUT2D eigenvalue weighted by molar-refractivity contribution is -0.302. The van der Waals surface area contributed by atoms with E-state index in [0.717, 1.165) is 17.1 Å². The highest BCUT2D eigenvalue weighted by Crippen LogP contribution is 2.22. The maximum absolute atomic E-state index is 13.9. The quantitative estimate of drug-likeness (QED) is 0.0328. The van der Waals surface area contributed by atoms with Crippen LogP contribution in [0.2, 0.25) is 0 Å². The number of amides is 4. The second kappa shape index (κ2) is 19.4. The predicted octanol–water partition coefficient (Wildman–Crippen LogP) is -3.11. The van der Waals surface area contributed by atoms with Gasteiger partial charge in [-0.3, -0.25) is 24.0 Å². The van der Waals surface area contributed by atoms with Crippen molar-refractivity contribution in [3.8, 4) is 5.75 Å². The van der Waals surface area contributed by atoms with Crippen LogP contribution in [-0.4, -0.2) is 140 Å². The number of benzene rings is 2. The number of aromatic hydroxyl groups is 1. The molecule has 1 saturated heterocycles. The number of carboxylic acids is 1. The van der Waals surface area contributed by atoms with E-state index in [1.165, 1.54) is 24.3 Å². The molecule has 20 nitrogen and oxygen atoms in total. The third-order valence-corrected chi connectivity index (χ3v) is 8.33. The van der Waals surface area contributed by atoms with Crippen molar-refractivity contribution in [1.82, 2.24) is 20.9 Å². The van der Waals surface area contributed by atoms with Gasteiger partial charge in [0.05, 0.1) is 19.6 Å². The van der Waals surface area contributed by atoms with Crippen molar-refractivity contribution in [3.63, 3.8) is 0 Å². The summed E-state index contributed by atoms with van der Waals surface area (Å²) in [7, 11) is 0. The molecule has 12 N–H and O–H groups in total. The molecule has 3 aromatic rings. The van der Waals surface area contributed by atoms with Crippen LogP contribution in [0.25, 0.3) is 10.9 Å². The van der Waals surface area contributed by atoms with Gasteiger partial charge in [0.25, 0.3) is 5.91 Å². The van der Waals surface area contributed by atoms with Crippen LogP contribution in [0, 0.1) is 0 Å². The maximum atomic E-state index is 13.9. The molecule has 8 atom stereocenters. The minimum absolute atomic E-state index is 0.0625. The SMILES string of the molecule is NC(=O)[C@H](CC(=O)O)NC(=O)[C@H](Cc1ccc(O)cc1)NC(=O)[C@H](Cc1c[nH]c2ccccc12)NC(=O)/C=N/OCCO[C@H]1O[C@H](CO)[C@@H](O)[C@H](O)[C@@H]1O. The third-order valence-electron chi connectivity index (χ3n) is 8.33. The maximum Gasteiger partial charge on any atom is 0.305 e. The number of hydrogen-bond acceptors (Lipinski definition) is 14. The van der Waals surface area contributed by atoms with E-state index >= 15 is 0 Å². The summed E-state index contributed by atoms with van der Waals surface area (Å²) in [5, 5.41) is 69.7. The summed E-state index contributed by atoms with van der Waals surface area (Å²) in [5.74, 6) is -5.27. The Kier molecular flexibility index (Phi) is 14.8. The Morgan fingerprint density at radius 1 is 0.889 bits per heavy atom. The number of nitrogens with one attached hydrogen (secondary N) is 4. The van der Waals surface area contributed by atoms with E-state index in [1.807, 2.05) is 6.07 Å². The number of carbonyl (C=O) groups excluding carboxylic acids is 4. The molecule has 1 aromatic heterocycles. The average Bonchev–Trinajstić information content (AvgIpc) is 3.55. The number of aliphatic hydroxyl groups excluding tert-OH is 4. The van der Waals surface area contributed by atoms with Crippen LogP contribution in [0.4, 0.5) is 0 Å². The van der Waals surface area contributed by atoms with Crippen LogP contribution in [0.1, 0.15) is 17.5 Å². The zero-order valence-electron chi connectivity index (χ0n) is 28.6. The number of para-hydroxylation sites is 1. The predicted molar refractivity (Wildman–Crippen MR) is 185 cm³/mol. The van der Waals surface area contributed by atoms with Gasteiger partial charge in [-0.15, -0.1) is 0 Å². The fraction of sp³-hybridized carbons (Fsp3) is 0.412. The molecule has 2 aromatic carbocycles. The van der Waals surface area contributed by atoms with Crippen LogP contribution < -0.4 is 21.7 Å². The number of H-pyrrole nitrogens is 1. The molecule has 54 heavy (non-hydrogen) atoms. The Balaban J connectivity index is 1.46. The molecule has 0 saturated carbocycles. The van der Waals surface area contributed by atoms with E-state index < -0.39 is 91.5 Å². The number of nitrogens with zero attached hydrogens (tertiary/aromatic N) is 1. The van der Waals surface area contributed by atoms with Gasteiger partial charge in [-0.2, -0.15) is 0 Å². The van der Waals surface area contributed by atoms with Crippen molar-refractivity contribution in [1.29, 1.82) is 0 Å². The number of fused-ring (bicyclic) bond motifs is 1. The molecule has 20 heteroatoms. The van der Waals surface area contributed by atoms with Gasteiger partial charge in [-0.05, 0) is 29.3 Å². The average molecular weight is 759 g/mol. The molecular formula is C34H42N6O14. The minimum atomic E-state index is -1.64. The highest BCUT2D eigenvalue weighted by Gasteiger charge is 2.44. The Hall–Kier alpha value is -5.64. The van der Waals surface area contributed by atoms with E-state index in [9.17, 15) is 54.6 Å². The monoisotopic (exact) mass is 758 g/mol. The molecule has 2 heterocycles. The normalized spacial score (nSPS) is 21.5. The molecule has 0 aliphatic carbocycles. The summed E-state index contributed by atoms with van der Waals surface area (Å²) in [4.78, 5) is 71.6. The number of aromatic amines is 1. The molecule has 0 unspecified atom stereocenters. The fourth-order valence-electron chi connectivity index (χ4n) is 5.50. The molecular weight excluding hydrogens is 716 g/mol. The van der Waals surface area contributed by atoms with Gasteiger partial charge in [-0.1, -0.05) is 35.5 Å². The summed E-state index contributed by atoms with van der Waals surface area (Å²) in [6.07, 6.45) is -6.11. The Bertz CT molecular complexity index is 1780. The number of phenols is 1. The van der Waals surface area contributed by atoms with E-state index in [4.69, 9.17) is 20.0 Å². The molecule has 1 aliphatic rings. The summed E-state index contributed by atoms with van der Waals surface area (Å²) >= 11 is 0. The van der Waals surface area contributed by atoms with Gasteiger partial charge in [0, 0.05) is 29.9 Å². The van der Waals surface area contributed by atoms with Crippen molar-refractivity contribution in [2.45, 2.75) is 68.1 Å². The van der Waals surface area contributed by atoms with Crippen LogP contribution in [-0.2, 0) is 51.1 Å². The molecule has 0 spiro atoms. The van der Waals surface area contributed by atoms with Crippen LogP contribution in [0.5, 0.6) is 5.75 Å². The summed E-state index contributed by atoms with van der Waals surface area (Å²) < 4.78 is 10.5. The summed E-state index contributed by atoms with van der Waals surface area (Å²) in [6.45, 7) is -1.18. The highest BCUT2D eigenvalue weighted by molar-refractivity contribution is 6.26. The third kappa shape index (κ3) is 11.4. The highest BCUT2D eigenvalue weighted by atomic mass is 16.7. The van der Waals surface area contributed by atoms with E-state index in [0.29, 0.717) is 11.1 Å². The van der Waals surface area contributed by atoms with Crippen molar-refractivity contribution in [2.24, 2.45) is 10.9 Å². The van der Waals surface area contributed by atoms with E-state index in [-0.39, 0.29) is 31.8 Å². The second-order valence-electron chi connectivity index (χ2n) is 12.3. The van der Waals surface area contributed by atoms with Crippen molar-refractivity contribution in [3.05, 3.63) is 65.9 Å². The standard InChI is InChI=1S/C34H42N6O14/c35-31(49)22(13-27(44)45)39-32(50)23(11-17-5-7-19(42)8-6-17)40-33(51)24(12-18-14-36-21-4-2-1-3-20(18)21)38-26(43)15-37-53-10-9-52-34-30(48)29(47)28(46)25(16-41)54-34/h1-8,14-15,22-25,28-30,34,36,41-42,46-48H,9-13,16H2,(H2,35,49)(H,38,43)(H,39,50)(H,40,51)(H,44,45)/b37-15+/t22-,23-,24-,25+,28+,29-,30-,34-/m0/s1. The first kappa shape index (κ1) is 41.1. The largest absolute Gasteiger partial charge is 0.508 e. The number of aliphatic hydroxyl groups is 4. The number of aliphatic carboxylic acids is 1. The van der Waals surface area contributed by atoms with E-state index in [1.54, 1.807) is 24.4 Å². The molecule has 292 valence electrons. The smallest absolute Gasteiger partial charge is 0.305 e. The van der Waals surface area contributed by atoms with Crippen molar-refractivity contribution in [2.75, 3.05) is 19.8 Å². The van der Waals surface area contributed by atoms with Gasteiger partial charge >= 0.3 is 5.97 Å². The summed E-state index contributed by atoms with van der Waals surface area (Å²) in [6, 6.07) is 8.52. The van der Waals surface area contributed by atoms with Gasteiger partial charge in [-0.25, -0.2) is 0 Å². The van der Waals surface area contributed by atoms with Gasteiger partial charge < -0.3 is 71.6 Å². The Morgan fingerprint density at radius 2 is 1.56 bits per heavy atom. The van der Waals surface area contributed by atoms with Crippen LogP contribution >= 0.6 is 0 Å². The number of primary amides is 1. The molecule has 4 rings (SSSR count). The van der Waals surface area contributed by atoms with Crippen molar-refractivity contribution < 1.29 is 68.9 Å². The van der Waals surface area contributed by atoms with Gasteiger partial charge in [0.1, 0.15) is 61.1 Å². The Morgan fingerprint density at radius 3 is 2.22 bits per heavy atom. The molecule has 0 bridgehead atoms. The molecule has 1 fully saturated rings. The number of oxime groups is 1. The fourth-order valence-corrected chi connectivity index (χ4v) is 5.50. The lowest BCUT2D eigenvalue weighted by Gasteiger charge is -2.39. The zero-order valence-corrected chi connectivity index (χ0v) is 28.6. The van der Waals surface area contributed by atoms with E-state index in [2.05, 4.69) is 26.1 Å². The van der Waals surface area contributed by atoms with Gasteiger partial charge in [0.2, 0.25) is 17.7 Å². The van der Waals surface area contributed by atoms with Crippen LogP contribution in [0.3, 0.4) is 0 Å². The Labute approximate surface area is 306 Å². The first-order valence-electron chi connectivity index (χ1n) is 16.6. The lowest BCUT2D eigenvalue weighted by atomic mass is 9.99. The minimum Gasteiger partial charge on any atom is -0.508 e. The molecule has 4 amide bonds. The second-order valence-corrected chi connectivity index (χ2v) is 12.3. The zero-order chi connectivity index (χ0) is 39.4. The number of carboxylic acid groups (broad SMARTS) is 1. The molecule has 1 aliphatic heterocycles. The number of phenolic OH excluding ortho intramolecular Hbond substituents is 1. The number of hydrogen-bond donors (Lipinski definition) is 11. The first-order chi connectivity index (χ1) is 25.8. The number of nitrogens with two attached hydrogens (primary N) is 1. The summed E-state index contributed by atoms with van der Waals surface area (Å²) in [5.41, 5.74) is 7.15. The van der Waals surface area contributed by atoms with Crippen LogP contribution in [0.15, 0.2) is 59.9 Å². The lowest BCUT2D eigenvalue weighted by Crippen LogP contribution is -2.59. The number of ether oxygens (including phenoxy) is 2. The number of aromatic nitrogens is 1. The topological polar surface area (TPSA) is 325 Å². The molecule has 0 radical (unpaired) electrons. The van der Waals surface area contributed by atoms with Crippen molar-refractivity contribution >= 4 is 46.7 Å².